The van der Waals surface area contributed by atoms with Crippen LogP contribution in [0.5, 0.6) is 5.75 Å². The predicted octanol–water partition coefficient (Wildman–Crippen LogP) is 4.53. The van der Waals surface area contributed by atoms with Gasteiger partial charge in [-0.2, -0.15) is 0 Å². The highest BCUT2D eigenvalue weighted by Gasteiger charge is 2.34. The Bertz CT molecular complexity index is 608. The van der Waals surface area contributed by atoms with Gasteiger partial charge in [0.1, 0.15) is 5.75 Å². The molecule has 0 amide bonds. The maximum absolute atomic E-state index is 5.35. The van der Waals surface area contributed by atoms with E-state index in [-0.39, 0.29) is 5.54 Å². The van der Waals surface area contributed by atoms with Crippen molar-refractivity contribution in [2.24, 2.45) is 0 Å². The van der Waals surface area contributed by atoms with Gasteiger partial charge in [0.05, 0.1) is 12.6 Å². The Morgan fingerprint density at radius 2 is 1.90 bits per heavy atom. The lowest BCUT2D eigenvalue weighted by Crippen LogP contribution is -2.37. The van der Waals surface area contributed by atoms with E-state index in [1.807, 2.05) is 6.07 Å². The average Bonchev–Trinajstić information content (AvgIpc) is 2.47. The number of rotatable bonds is 2. The number of hydrogen-bond acceptors (Lipinski definition) is 2. The molecule has 20 heavy (non-hydrogen) atoms. The molecular weight excluding hydrogens is 246 g/mol. The molecule has 2 atom stereocenters. The van der Waals surface area contributed by atoms with Crippen molar-refractivity contribution in [3.05, 3.63) is 59.7 Å². The van der Waals surface area contributed by atoms with E-state index in [4.69, 9.17) is 4.74 Å². The van der Waals surface area contributed by atoms with Crippen LogP contribution in [-0.2, 0) is 5.54 Å². The Balaban J connectivity index is 2.03. The number of benzene rings is 2. The van der Waals surface area contributed by atoms with Gasteiger partial charge in [-0.25, -0.2) is 0 Å². The van der Waals surface area contributed by atoms with Crippen LogP contribution in [-0.4, -0.2) is 7.11 Å². The first-order valence-corrected chi connectivity index (χ1v) is 7.14. The number of methoxy groups -OCH3 is 1. The van der Waals surface area contributed by atoms with Crippen LogP contribution in [0.25, 0.3) is 0 Å². The maximum atomic E-state index is 5.35. The molecule has 0 bridgehead atoms. The van der Waals surface area contributed by atoms with Crippen LogP contribution in [0.15, 0.2) is 48.5 Å². The van der Waals surface area contributed by atoms with E-state index < -0.39 is 0 Å². The summed E-state index contributed by atoms with van der Waals surface area (Å²) in [5, 5.41) is 3.71. The highest BCUT2D eigenvalue weighted by molar-refractivity contribution is 5.61. The van der Waals surface area contributed by atoms with Gasteiger partial charge in [0.15, 0.2) is 0 Å². The maximum Gasteiger partial charge on any atom is 0.120 e. The monoisotopic (exact) mass is 267 g/mol. The minimum Gasteiger partial charge on any atom is -0.497 e. The fourth-order valence-electron chi connectivity index (χ4n) is 3.27. The molecule has 0 saturated carbocycles. The standard InChI is InChI=1S/C18H21NO/c1-13-12-18(2,14-7-5-4-6-8-14)19-17-11-15(20-3)9-10-16(13)17/h4-11,13,19H,12H2,1-3H3. The van der Waals surface area contributed by atoms with Crippen molar-refractivity contribution in [2.75, 3.05) is 12.4 Å². The molecule has 1 aliphatic heterocycles. The third-order valence-electron chi connectivity index (χ3n) is 4.33. The first kappa shape index (κ1) is 13.0. The molecule has 0 aliphatic carbocycles. The second-order valence-corrected chi connectivity index (χ2v) is 5.88. The molecule has 1 heterocycles. The molecule has 0 fully saturated rings. The van der Waals surface area contributed by atoms with E-state index in [0.717, 1.165) is 12.2 Å². The summed E-state index contributed by atoms with van der Waals surface area (Å²) in [6.07, 6.45) is 1.09. The molecule has 1 N–H and O–H groups in total. The minimum atomic E-state index is -0.0277. The molecule has 2 aromatic rings. The van der Waals surface area contributed by atoms with Crippen molar-refractivity contribution >= 4 is 5.69 Å². The number of anilines is 1. The van der Waals surface area contributed by atoms with Crippen LogP contribution in [0.1, 0.15) is 37.3 Å². The zero-order chi connectivity index (χ0) is 14.2. The van der Waals surface area contributed by atoms with Crippen LogP contribution in [0.4, 0.5) is 5.69 Å². The fraction of sp³-hybridized carbons (Fsp3) is 0.333. The zero-order valence-corrected chi connectivity index (χ0v) is 12.3. The number of nitrogens with one attached hydrogen (secondary N) is 1. The molecule has 2 heteroatoms. The van der Waals surface area contributed by atoms with E-state index in [9.17, 15) is 0 Å². The van der Waals surface area contributed by atoms with Gasteiger partial charge in [0.25, 0.3) is 0 Å². The zero-order valence-electron chi connectivity index (χ0n) is 12.3. The van der Waals surface area contributed by atoms with E-state index in [1.54, 1.807) is 7.11 Å². The van der Waals surface area contributed by atoms with Gasteiger partial charge in [0.2, 0.25) is 0 Å². The third-order valence-corrected chi connectivity index (χ3v) is 4.33. The smallest absolute Gasteiger partial charge is 0.120 e. The summed E-state index contributed by atoms with van der Waals surface area (Å²) < 4.78 is 5.35. The lowest BCUT2D eigenvalue weighted by atomic mass is 9.77. The van der Waals surface area contributed by atoms with Crippen molar-refractivity contribution < 1.29 is 4.74 Å². The molecule has 2 unspecified atom stereocenters. The first-order valence-electron chi connectivity index (χ1n) is 7.14. The molecule has 1 aliphatic rings. The highest BCUT2D eigenvalue weighted by Crippen LogP contribution is 2.44. The molecule has 0 saturated heterocycles. The summed E-state index contributed by atoms with van der Waals surface area (Å²) in [5.74, 6) is 1.43. The fourth-order valence-corrected chi connectivity index (χ4v) is 3.27. The van der Waals surface area contributed by atoms with Gasteiger partial charge >= 0.3 is 0 Å². The molecule has 0 aromatic heterocycles. The van der Waals surface area contributed by atoms with Crippen LogP contribution >= 0.6 is 0 Å². The first-order chi connectivity index (χ1) is 9.62. The van der Waals surface area contributed by atoms with E-state index in [1.165, 1.54) is 16.8 Å². The molecule has 0 radical (unpaired) electrons. The minimum absolute atomic E-state index is 0.0277. The van der Waals surface area contributed by atoms with E-state index in [0.29, 0.717) is 5.92 Å². The Hall–Kier alpha value is -1.96. The molecular formula is C18H21NO. The second kappa shape index (κ2) is 4.86. The molecule has 2 nitrogen and oxygen atoms in total. The van der Waals surface area contributed by atoms with Gasteiger partial charge in [0, 0.05) is 11.8 Å². The number of hydrogen-bond donors (Lipinski definition) is 1. The van der Waals surface area contributed by atoms with Crippen molar-refractivity contribution in [3.63, 3.8) is 0 Å². The summed E-state index contributed by atoms with van der Waals surface area (Å²) in [6.45, 7) is 4.58. The highest BCUT2D eigenvalue weighted by atomic mass is 16.5. The number of ether oxygens (including phenoxy) is 1. The largest absolute Gasteiger partial charge is 0.497 e. The van der Waals surface area contributed by atoms with Crippen LogP contribution < -0.4 is 10.1 Å². The molecule has 104 valence electrons. The van der Waals surface area contributed by atoms with E-state index >= 15 is 0 Å². The van der Waals surface area contributed by atoms with Gasteiger partial charge in [-0.3, -0.25) is 0 Å². The molecule has 0 spiro atoms. The average molecular weight is 267 g/mol. The van der Waals surface area contributed by atoms with Gasteiger partial charge in [-0.05, 0) is 36.5 Å². The summed E-state index contributed by atoms with van der Waals surface area (Å²) in [4.78, 5) is 0. The molecule has 2 aromatic carbocycles. The normalized spacial score (nSPS) is 24.6. The van der Waals surface area contributed by atoms with Crippen molar-refractivity contribution in [2.45, 2.75) is 31.7 Å². The number of fused-ring (bicyclic) bond motifs is 1. The lowest BCUT2D eigenvalue weighted by molar-refractivity contribution is 0.410. The summed E-state index contributed by atoms with van der Waals surface area (Å²) >= 11 is 0. The van der Waals surface area contributed by atoms with E-state index in [2.05, 4.69) is 61.6 Å². The Kier molecular flexibility index (Phi) is 3.17. The van der Waals surface area contributed by atoms with Gasteiger partial charge in [-0.1, -0.05) is 43.3 Å². The summed E-state index contributed by atoms with van der Waals surface area (Å²) in [6, 6.07) is 17.0. The van der Waals surface area contributed by atoms with Crippen molar-refractivity contribution in [3.8, 4) is 5.75 Å². The van der Waals surface area contributed by atoms with Crippen molar-refractivity contribution in [1.29, 1.82) is 0 Å². The summed E-state index contributed by atoms with van der Waals surface area (Å²) in [7, 11) is 1.71. The van der Waals surface area contributed by atoms with Gasteiger partial charge < -0.3 is 10.1 Å². The Morgan fingerprint density at radius 1 is 1.15 bits per heavy atom. The second-order valence-electron chi connectivity index (χ2n) is 5.88. The van der Waals surface area contributed by atoms with Crippen LogP contribution in [0.3, 0.4) is 0 Å². The third kappa shape index (κ3) is 2.15. The topological polar surface area (TPSA) is 21.3 Å². The molecule has 3 rings (SSSR count). The Labute approximate surface area is 120 Å². The Morgan fingerprint density at radius 3 is 2.60 bits per heavy atom. The quantitative estimate of drug-likeness (QED) is 0.863. The SMILES string of the molecule is COc1ccc2c(c1)NC(C)(c1ccccc1)CC2C. The lowest BCUT2D eigenvalue weighted by Gasteiger charge is -2.40. The van der Waals surface area contributed by atoms with Gasteiger partial charge in [-0.15, -0.1) is 0 Å². The van der Waals surface area contributed by atoms with Crippen molar-refractivity contribution in [1.82, 2.24) is 0 Å². The van der Waals surface area contributed by atoms with Crippen LogP contribution in [0, 0.1) is 0 Å². The predicted molar refractivity (Wildman–Crippen MR) is 83.4 cm³/mol. The summed E-state index contributed by atoms with van der Waals surface area (Å²) in [5.41, 5.74) is 3.87. The van der Waals surface area contributed by atoms with Crippen LogP contribution in [0.2, 0.25) is 0 Å².